The summed E-state index contributed by atoms with van der Waals surface area (Å²) in [6.07, 6.45) is 3.69. The van der Waals surface area contributed by atoms with Crippen LogP contribution in [0.25, 0.3) is 0 Å². The van der Waals surface area contributed by atoms with Crippen LogP contribution in [0.1, 0.15) is 21.7 Å². The Kier molecular flexibility index (Phi) is 4.27. The van der Waals surface area contributed by atoms with Crippen molar-refractivity contribution in [2.24, 2.45) is 0 Å². The van der Waals surface area contributed by atoms with Gasteiger partial charge in [0.2, 0.25) is 0 Å². The number of aryl methyl sites for hydroxylation is 1. The molecule has 0 aliphatic heterocycles. The van der Waals surface area contributed by atoms with Gasteiger partial charge in [0.1, 0.15) is 11.6 Å². The van der Waals surface area contributed by atoms with Gasteiger partial charge in [-0.1, -0.05) is 0 Å². The smallest absolute Gasteiger partial charge is 0.270 e. The summed E-state index contributed by atoms with van der Waals surface area (Å²) in [6, 6.07) is 2.03. The summed E-state index contributed by atoms with van der Waals surface area (Å²) in [5, 5.41) is 13.3. The maximum atomic E-state index is 13.9. The van der Waals surface area contributed by atoms with Gasteiger partial charge in [0.05, 0.1) is 10.5 Å². The van der Waals surface area contributed by atoms with E-state index in [1.54, 1.807) is 12.4 Å². The summed E-state index contributed by atoms with van der Waals surface area (Å²) in [7, 11) is 0. The van der Waals surface area contributed by atoms with Crippen molar-refractivity contribution in [2.75, 3.05) is 6.54 Å². The number of carbonyl (C=O) groups excluding carboxylic acids is 1. The van der Waals surface area contributed by atoms with Crippen molar-refractivity contribution < 1.29 is 14.1 Å². The molecular formula is C13H13FN4O3. The van der Waals surface area contributed by atoms with Crippen molar-refractivity contribution in [3.05, 3.63) is 57.4 Å². The molecule has 8 heteroatoms. The molecule has 0 bridgehead atoms. The van der Waals surface area contributed by atoms with E-state index in [2.05, 4.69) is 15.3 Å². The van der Waals surface area contributed by atoms with Crippen LogP contribution in [0.2, 0.25) is 0 Å². The third-order valence-electron chi connectivity index (χ3n) is 2.90. The Morgan fingerprint density at radius 3 is 2.90 bits per heavy atom. The number of aromatic nitrogens is 2. The zero-order valence-electron chi connectivity index (χ0n) is 11.2. The van der Waals surface area contributed by atoms with E-state index in [-0.39, 0.29) is 23.4 Å². The van der Waals surface area contributed by atoms with E-state index in [0.29, 0.717) is 12.2 Å². The second-order valence-electron chi connectivity index (χ2n) is 4.42. The molecule has 1 aromatic carbocycles. The van der Waals surface area contributed by atoms with E-state index >= 15 is 0 Å². The molecule has 1 aromatic heterocycles. The Bertz CT molecular complexity index is 670. The highest BCUT2D eigenvalue weighted by Gasteiger charge is 2.19. The maximum absolute atomic E-state index is 13.9. The van der Waals surface area contributed by atoms with Gasteiger partial charge in [0.15, 0.2) is 0 Å². The van der Waals surface area contributed by atoms with E-state index in [0.717, 1.165) is 12.1 Å². The minimum atomic E-state index is -0.754. The molecule has 7 nitrogen and oxygen atoms in total. The Morgan fingerprint density at radius 1 is 1.52 bits per heavy atom. The van der Waals surface area contributed by atoms with Crippen LogP contribution >= 0.6 is 0 Å². The number of carbonyl (C=O) groups is 1. The van der Waals surface area contributed by atoms with Crippen LogP contribution in [0.15, 0.2) is 24.5 Å². The Balaban J connectivity index is 2.09. The molecule has 0 spiro atoms. The molecule has 0 radical (unpaired) electrons. The molecule has 0 unspecified atom stereocenters. The molecule has 2 rings (SSSR count). The quantitative estimate of drug-likeness (QED) is 0.647. The van der Waals surface area contributed by atoms with Crippen molar-refractivity contribution in [1.29, 1.82) is 0 Å². The van der Waals surface area contributed by atoms with Gasteiger partial charge in [-0.2, -0.15) is 0 Å². The molecule has 0 fully saturated rings. The second kappa shape index (κ2) is 6.12. The van der Waals surface area contributed by atoms with Crippen molar-refractivity contribution >= 4 is 11.6 Å². The van der Waals surface area contributed by atoms with Crippen molar-refractivity contribution in [3.8, 4) is 0 Å². The SMILES string of the molecule is Cc1cc([N+](=O)[O-])cc(C(=O)NCCc2ncc[nH]2)c1F. The van der Waals surface area contributed by atoms with E-state index in [4.69, 9.17) is 0 Å². The van der Waals surface area contributed by atoms with Crippen LogP contribution in [-0.4, -0.2) is 27.3 Å². The van der Waals surface area contributed by atoms with Crippen LogP contribution < -0.4 is 5.32 Å². The average molecular weight is 292 g/mol. The number of non-ortho nitro benzene ring substituents is 1. The standard InChI is InChI=1S/C13H13FN4O3/c1-8-6-9(18(20)21)7-10(12(8)14)13(19)17-3-2-11-15-4-5-16-11/h4-7H,2-3H2,1H3,(H,15,16)(H,17,19). The van der Waals surface area contributed by atoms with Gasteiger partial charge < -0.3 is 10.3 Å². The highest BCUT2D eigenvalue weighted by Crippen LogP contribution is 2.20. The van der Waals surface area contributed by atoms with Crippen LogP contribution in [-0.2, 0) is 6.42 Å². The molecule has 2 N–H and O–H groups in total. The molecule has 1 amide bonds. The number of nitro groups is 1. The van der Waals surface area contributed by atoms with Crippen molar-refractivity contribution in [3.63, 3.8) is 0 Å². The normalized spacial score (nSPS) is 10.4. The van der Waals surface area contributed by atoms with Gasteiger partial charge in [-0.15, -0.1) is 0 Å². The first-order valence-corrected chi connectivity index (χ1v) is 6.20. The molecule has 0 aliphatic rings. The topological polar surface area (TPSA) is 101 Å². The third kappa shape index (κ3) is 3.41. The first-order valence-electron chi connectivity index (χ1n) is 6.20. The van der Waals surface area contributed by atoms with E-state index in [1.165, 1.54) is 6.92 Å². The zero-order chi connectivity index (χ0) is 15.4. The summed E-state index contributed by atoms with van der Waals surface area (Å²) in [6.45, 7) is 1.62. The molecule has 0 aliphatic carbocycles. The van der Waals surface area contributed by atoms with Gasteiger partial charge in [0, 0.05) is 37.5 Å². The van der Waals surface area contributed by atoms with E-state index in [9.17, 15) is 19.3 Å². The van der Waals surface area contributed by atoms with Crippen LogP contribution in [0.3, 0.4) is 0 Å². The van der Waals surface area contributed by atoms with Crippen molar-refractivity contribution in [2.45, 2.75) is 13.3 Å². The minimum absolute atomic E-state index is 0.0559. The van der Waals surface area contributed by atoms with Crippen LogP contribution in [0.4, 0.5) is 10.1 Å². The summed E-state index contributed by atoms with van der Waals surface area (Å²) < 4.78 is 13.9. The molecule has 21 heavy (non-hydrogen) atoms. The van der Waals surface area contributed by atoms with Crippen LogP contribution in [0, 0.1) is 22.9 Å². The molecule has 1 heterocycles. The number of aromatic amines is 1. The summed E-state index contributed by atoms with van der Waals surface area (Å²) in [5.41, 5.74) is -0.591. The first kappa shape index (κ1) is 14.6. The van der Waals surface area contributed by atoms with Crippen LogP contribution in [0.5, 0.6) is 0 Å². The largest absolute Gasteiger partial charge is 0.351 e. The second-order valence-corrected chi connectivity index (χ2v) is 4.42. The monoisotopic (exact) mass is 292 g/mol. The number of nitro benzene ring substituents is 1. The third-order valence-corrected chi connectivity index (χ3v) is 2.90. The average Bonchev–Trinajstić information content (AvgIpc) is 2.94. The van der Waals surface area contributed by atoms with Gasteiger partial charge in [-0.05, 0) is 12.5 Å². The summed E-state index contributed by atoms with van der Waals surface area (Å²) in [5.74, 6) is -0.757. The lowest BCUT2D eigenvalue weighted by molar-refractivity contribution is -0.385. The molecule has 0 saturated carbocycles. The summed E-state index contributed by atoms with van der Waals surface area (Å²) >= 11 is 0. The number of amides is 1. The predicted molar refractivity (Wildman–Crippen MR) is 72.4 cm³/mol. The maximum Gasteiger partial charge on any atom is 0.270 e. The molecular weight excluding hydrogens is 279 g/mol. The molecule has 110 valence electrons. The number of hydrogen-bond acceptors (Lipinski definition) is 4. The fourth-order valence-corrected chi connectivity index (χ4v) is 1.85. The fourth-order valence-electron chi connectivity index (χ4n) is 1.85. The highest BCUT2D eigenvalue weighted by atomic mass is 19.1. The lowest BCUT2D eigenvalue weighted by atomic mass is 10.1. The summed E-state index contributed by atoms with van der Waals surface area (Å²) in [4.78, 5) is 28.9. The fraction of sp³-hybridized carbons (Fsp3) is 0.231. The molecule has 0 saturated heterocycles. The van der Waals surface area contributed by atoms with Gasteiger partial charge >= 0.3 is 0 Å². The van der Waals surface area contributed by atoms with E-state index in [1.807, 2.05) is 0 Å². The zero-order valence-corrected chi connectivity index (χ0v) is 11.2. The van der Waals surface area contributed by atoms with Gasteiger partial charge in [-0.25, -0.2) is 9.37 Å². The van der Waals surface area contributed by atoms with Crippen molar-refractivity contribution in [1.82, 2.24) is 15.3 Å². The highest BCUT2D eigenvalue weighted by molar-refractivity contribution is 5.95. The first-order chi connectivity index (χ1) is 9.99. The molecule has 2 aromatic rings. The Hall–Kier alpha value is -2.77. The number of H-pyrrole nitrogens is 1. The number of benzene rings is 1. The van der Waals surface area contributed by atoms with E-state index < -0.39 is 16.6 Å². The number of nitrogens with one attached hydrogen (secondary N) is 2. The Morgan fingerprint density at radius 2 is 2.29 bits per heavy atom. The number of imidazole rings is 1. The number of rotatable bonds is 5. The van der Waals surface area contributed by atoms with Gasteiger partial charge in [0.25, 0.3) is 11.6 Å². The van der Waals surface area contributed by atoms with Gasteiger partial charge in [-0.3, -0.25) is 14.9 Å². The predicted octanol–water partition coefficient (Wildman–Crippen LogP) is 1.74. The Labute approximate surface area is 119 Å². The number of hydrogen-bond donors (Lipinski definition) is 2. The lowest BCUT2D eigenvalue weighted by Gasteiger charge is -2.07. The lowest BCUT2D eigenvalue weighted by Crippen LogP contribution is -2.27. The number of halogens is 1. The molecule has 0 atom stereocenters. The minimum Gasteiger partial charge on any atom is -0.351 e. The number of nitrogens with zero attached hydrogens (tertiary/aromatic N) is 2.